The molecule has 0 aliphatic carbocycles. The van der Waals surface area contributed by atoms with Gasteiger partial charge in [-0.1, -0.05) is 6.07 Å². The summed E-state index contributed by atoms with van der Waals surface area (Å²) in [6.07, 6.45) is 3.30. The highest BCUT2D eigenvalue weighted by Crippen LogP contribution is 2.25. The van der Waals surface area contributed by atoms with Crippen LogP contribution in [-0.4, -0.2) is 52.2 Å². The molecule has 6 heteroatoms. The molecule has 3 heterocycles. The lowest BCUT2D eigenvalue weighted by Gasteiger charge is -2.35. The molecular formula is C23H25N5O. The molecule has 1 fully saturated rings. The number of anilines is 1. The zero-order chi connectivity index (χ0) is 20.4. The molecule has 3 aromatic rings. The maximum absolute atomic E-state index is 12.6. The molecule has 0 saturated carbocycles. The second-order valence-electron chi connectivity index (χ2n) is 7.54. The number of amides is 1. The van der Waals surface area contributed by atoms with Crippen LogP contribution in [0.3, 0.4) is 0 Å². The number of carbonyl (C=O) groups is 1. The van der Waals surface area contributed by atoms with Crippen molar-refractivity contribution in [3.8, 4) is 11.3 Å². The maximum Gasteiger partial charge on any atom is 0.254 e. The summed E-state index contributed by atoms with van der Waals surface area (Å²) in [5.74, 6) is 0.907. The van der Waals surface area contributed by atoms with Gasteiger partial charge in [0, 0.05) is 49.7 Å². The Labute approximate surface area is 171 Å². The second kappa shape index (κ2) is 7.99. The van der Waals surface area contributed by atoms with Crippen LogP contribution in [0.2, 0.25) is 0 Å². The average molecular weight is 387 g/mol. The highest BCUT2D eigenvalue weighted by Gasteiger charge is 2.23. The van der Waals surface area contributed by atoms with Gasteiger partial charge in [-0.2, -0.15) is 0 Å². The van der Waals surface area contributed by atoms with Crippen molar-refractivity contribution in [3.63, 3.8) is 0 Å². The molecule has 29 heavy (non-hydrogen) atoms. The molecule has 1 saturated heterocycles. The Bertz CT molecular complexity index is 1010. The van der Waals surface area contributed by atoms with Gasteiger partial charge in [0.1, 0.15) is 0 Å². The first-order valence-corrected chi connectivity index (χ1v) is 9.89. The predicted molar refractivity (Wildman–Crippen MR) is 114 cm³/mol. The van der Waals surface area contributed by atoms with E-state index in [0.717, 1.165) is 30.2 Å². The van der Waals surface area contributed by atoms with E-state index in [9.17, 15) is 4.79 Å². The van der Waals surface area contributed by atoms with E-state index >= 15 is 0 Å². The van der Waals surface area contributed by atoms with Gasteiger partial charge in [0.25, 0.3) is 5.91 Å². The molecule has 2 aromatic heterocycles. The first kappa shape index (κ1) is 19.1. The second-order valence-corrected chi connectivity index (χ2v) is 7.54. The molecule has 4 rings (SSSR count). The molecule has 0 N–H and O–H groups in total. The van der Waals surface area contributed by atoms with Crippen LogP contribution in [-0.2, 0) is 0 Å². The molecule has 1 amide bonds. The van der Waals surface area contributed by atoms with E-state index in [1.807, 2.05) is 17.0 Å². The number of aromatic nitrogens is 3. The van der Waals surface area contributed by atoms with E-state index in [2.05, 4.69) is 53.0 Å². The Morgan fingerprint density at radius 2 is 1.52 bits per heavy atom. The normalized spacial score (nSPS) is 14.2. The fraction of sp³-hybridized carbons (Fsp3) is 0.304. The lowest BCUT2D eigenvalue weighted by atomic mass is 9.99. The summed E-state index contributed by atoms with van der Waals surface area (Å²) in [7, 11) is 0. The van der Waals surface area contributed by atoms with Crippen molar-refractivity contribution in [2.45, 2.75) is 20.8 Å². The molecular weight excluding hydrogens is 362 g/mol. The fourth-order valence-corrected chi connectivity index (χ4v) is 3.69. The van der Waals surface area contributed by atoms with Crippen molar-refractivity contribution >= 4 is 11.7 Å². The van der Waals surface area contributed by atoms with Crippen molar-refractivity contribution in [3.05, 3.63) is 71.0 Å². The SMILES string of the molecule is Cc1cc(C)c(-c2ccc(N3CCN(C(=O)c4ccncc4)CC3)nn2)cc1C. The number of hydrogen-bond acceptors (Lipinski definition) is 5. The lowest BCUT2D eigenvalue weighted by Crippen LogP contribution is -2.49. The largest absolute Gasteiger partial charge is 0.352 e. The van der Waals surface area contributed by atoms with Gasteiger partial charge in [-0.3, -0.25) is 9.78 Å². The number of nitrogens with zero attached hydrogens (tertiary/aromatic N) is 5. The van der Waals surface area contributed by atoms with Gasteiger partial charge in [-0.15, -0.1) is 10.2 Å². The zero-order valence-electron chi connectivity index (χ0n) is 17.1. The van der Waals surface area contributed by atoms with E-state index < -0.39 is 0 Å². The van der Waals surface area contributed by atoms with Crippen LogP contribution in [0, 0.1) is 20.8 Å². The number of benzene rings is 1. The van der Waals surface area contributed by atoms with E-state index in [0.29, 0.717) is 18.7 Å². The highest BCUT2D eigenvalue weighted by molar-refractivity contribution is 5.94. The molecule has 0 unspecified atom stereocenters. The Morgan fingerprint density at radius 1 is 0.828 bits per heavy atom. The summed E-state index contributed by atoms with van der Waals surface area (Å²) in [5, 5.41) is 8.94. The average Bonchev–Trinajstić information content (AvgIpc) is 2.77. The van der Waals surface area contributed by atoms with Crippen molar-refractivity contribution in [1.82, 2.24) is 20.1 Å². The number of carbonyl (C=O) groups excluding carboxylic acids is 1. The zero-order valence-corrected chi connectivity index (χ0v) is 17.1. The minimum atomic E-state index is 0.0544. The Kier molecular flexibility index (Phi) is 5.25. The van der Waals surface area contributed by atoms with Crippen LogP contribution >= 0.6 is 0 Å². The van der Waals surface area contributed by atoms with E-state index in [1.54, 1.807) is 24.5 Å². The highest BCUT2D eigenvalue weighted by atomic mass is 16.2. The Balaban J connectivity index is 1.43. The lowest BCUT2D eigenvalue weighted by molar-refractivity contribution is 0.0746. The van der Waals surface area contributed by atoms with Crippen LogP contribution in [0.25, 0.3) is 11.3 Å². The molecule has 0 spiro atoms. The number of aryl methyl sites for hydroxylation is 3. The maximum atomic E-state index is 12.6. The van der Waals surface area contributed by atoms with E-state index in [1.165, 1.54) is 16.7 Å². The third-order valence-electron chi connectivity index (χ3n) is 5.59. The molecule has 148 valence electrons. The topological polar surface area (TPSA) is 62.2 Å². The van der Waals surface area contributed by atoms with Gasteiger partial charge in [-0.05, 0) is 67.8 Å². The molecule has 0 atom stereocenters. The monoisotopic (exact) mass is 387 g/mol. The summed E-state index contributed by atoms with van der Waals surface area (Å²) in [5.41, 5.74) is 6.45. The van der Waals surface area contributed by atoms with Gasteiger partial charge >= 0.3 is 0 Å². The number of rotatable bonds is 3. The van der Waals surface area contributed by atoms with Gasteiger partial charge < -0.3 is 9.80 Å². The first-order valence-electron chi connectivity index (χ1n) is 9.89. The number of piperazine rings is 1. The van der Waals surface area contributed by atoms with Crippen molar-refractivity contribution in [2.75, 3.05) is 31.1 Å². The fourth-order valence-electron chi connectivity index (χ4n) is 3.69. The van der Waals surface area contributed by atoms with Crippen LogP contribution < -0.4 is 4.90 Å². The summed E-state index contributed by atoms with van der Waals surface area (Å²) in [4.78, 5) is 20.6. The van der Waals surface area contributed by atoms with E-state index in [-0.39, 0.29) is 5.91 Å². The van der Waals surface area contributed by atoms with Crippen molar-refractivity contribution in [2.24, 2.45) is 0 Å². The molecule has 6 nitrogen and oxygen atoms in total. The van der Waals surface area contributed by atoms with Gasteiger partial charge in [0.2, 0.25) is 0 Å². The third-order valence-corrected chi connectivity index (χ3v) is 5.59. The van der Waals surface area contributed by atoms with Crippen LogP contribution in [0.1, 0.15) is 27.0 Å². The molecule has 0 radical (unpaired) electrons. The minimum Gasteiger partial charge on any atom is -0.352 e. The Hall–Kier alpha value is -3.28. The van der Waals surface area contributed by atoms with Crippen molar-refractivity contribution < 1.29 is 4.79 Å². The standard InChI is InChI=1S/C23H25N5O/c1-16-14-18(3)20(15-17(16)2)21-4-5-22(26-25-21)27-10-12-28(13-11-27)23(29)19-6-8-24-9-7-19/h4-9,14-15H,10-13H2,1-3H3. The molecule has 1 aliphatic heterocycles. The van der Waals surface area contributed by atoms with Crippen molar-refractivity contribution in [1.29, 1.82) is 0 Å². The third kappa shape index (κ3) is 3.97. The first-order chi connectivity index (χ1) is 14.0. The van der Waals surface area contributed by atoms with Gasteiger partial charge in [0.05, 0.1) is 5.69 Å². The number of pyridine rings is 1. The van der Waals surface area contributed by atoms with Gasteiger partial charge in [-0.25, -0.2) is 0 Å². The molecule has 0 bridgehead atoms. The summed E-state index contributed by atoms with van der Waals surface area (Å²) in [6.45, 7) is 9.17. The van der Waals surface area contributed by atoms with Crippen LogP contribution in [0.15, 0.2) is 48.8 Å². The number of hydrogen-bond donors (Lipinski definition) is 0. The minimum absolute atomic E-state index is 0.0544. The van der Waals surface area contributed by atoms with Crippen LogP contribution in [0.4, 0.5) is 5.82 Å². The summed E-state index contributed by atoms with van der Waals surface area (Å²) >= 11 is 0. The summed E-state index contributed by atoms with van der Waals surface area (Å²) in [6, 6.07) is 11.9. The summed E-state index contributed by atoms with van der Waals surface area (Å²) < 4.78 is 0. The molecule has 1 aliphatic rings. The van der Waals surface area contributed by atoms with E-state index in [4.69, 9.17) is 0 Å². The van der Waals surface area contributed by atoms with Gasteiger partial charge in [0.15, 0.2) is 5.82 Å². The quantitative estimate of drug-likeness (QED) is 0.689. The smallest absolute Gasteiger partial charge is 0.254 e. The van der Waals surface area contributed by atoms with Crippen LogP contribution in [0.5, 0.6) is 0 Å². The molecule has 1 aromatic carbocycles. The predicted octanol–water partition coefficient (Wildman–Crippen LogP) is 3.43. The Morgan fingerprint density at radius 3 is 2.17 bits per heavy atom.